The molecule has 1 aliphatic rings. The molecule has 13 heavy (non-hydrogen) atoms. The normalized spacial score (nSPS) is 24.7. The zero-order chi connectivity index (χ0) is 10.2. The van der Waals surface area contributed by atoms with E-state index in [1.54, 1.807) is 0 Å². The summed E-state index contributed by atoms with van der Waals surface area (Å²) in [7, 11) is -2.26. The molecule has 0 aromatic rings. The maximum absolute atomic E-state index is 11.4. The first-order valence-electron chi connectivity index (χ1n) is 3.83. The average Bonchev–Trinajstić information content (AvgIpc) is 2.26. The molecule has 1 heterocycles. The highest BCUT2D eigenvalue weighted by Gasteiger charge is 2.38. The number of hydrogen-bond acceptors (Lipinski definition) is 4. The largest absolute Gasteiger partial charge is 0.384 e. The molecule has 1 amide bonds. The molecular formula is C6H12N2O4S. The van der Waals surface area contributed by atoms with Gasteiger partial charge in [-0.2, -0.15) is 12.7 Å². The van der Waals surface area contributed by atoms with E-state index in [4.69, 9.17) is 5.11 Å². The monoisotopic (exact) mass is 208 g/mol. The quantitative estimate of drug-likeness (QED) is 0.562. The Labute approximate surface area is 76.9 Å². The van der Waals surface area contributed by atoms with E-state index in [1.165, 1.54) is 14.0 Å². The standard InChI is InChI=1S/C6H12N2O4S/c1-5(9)6(10)8-4-3-7(2)13(8,11)12/h5,9H,3-4H2,1-2H3. The Bertz CT molecular complexity index is 311. The van der Waals surface area contributed by atoms with Gasteiger partial charge in [0.1, 0.15) is 6.10 Å². The Balaban J connectivity index is 2.91. The molecule has 0 bridgehead atoms. The number of rotatable bonds is 1. The van der Waals surface area contributed by atoms with Crippen molar-refractivity contribution < 1.29 is 18.3 Å². The first-order chi connectivity index (χ1) is 5.87. The molecule has 1 atom stereocenters. The van der Waals surface area contributed by atoms with Crippen molar-refractivity contribution >= 4 is 16.1 Å². The van der Waals surface area contributed by atoms with E-state index >= 15 is 0 Å². The van der Waals surface area contributed by atoms with E-state index in [9.17, 15) is 13.2 Å². The van der Waals surface area contributed by atoms with Gasteiger partial charge in [0.15, 0.2) is 0 Å². The summed E-state index contributed by atoms with van der Waals surface area (Å²) in [6.07, 6.45) is -1.28. The molecular weight excluding hydrogens is 196 g/mol. The van der Waals surface area contributed by atoms with Gasteiger partial charge in [-0.05, 0) is 6.92 Å². The Morgan fingerprint density at radius 3 is 2.31 bits per heavy atom. The van der Waals surface area contributed by atoms with Crippen molar-refractivity contribution in [2.75, 3.05) is 20.1 Å². The second-order valence-corrected chi connectivity index (χ2v) is 4.88. The van der Waals surface area contributed by atoms with Crippen LogP contribution in [0, 0.1) is 0 Å². The molecule has 0 saturated carbocycles. The lowest BCUT2D eigenvalue weighted by molar-refractivity contribution is -0.133. The lowest BCUT2D eigenvalue weighted by Crippen LogP contribution is -2.40. The van der Waals surface area contributed by atoms with Crippen LogP contribution in [0.2, 0.25) is 0 Å². The van der Waals surface area contributed by atoms with Gasteiger partial charge in [0.2, 0.25) is 0 Å². The van der Waals surface area contributed by atoms with Crippen LogP contribution in [0.4, 0.5) is 0 Å². The highest BCUT2D eigenvalue weighted by Crippen LogP contribution is 2.14. The van der Waals surface area contributed by atoms with Crippen LogP contribution in [-0.4, -0.2) is 54.3 Å². The van der Waals surface area contributed by atoms with Crippen LogP contribution < -0.4 is 0 Å². The molecule has 1 rings (SSSR count). The number of carbonyl (C=O) groups is 1. The van der Waals surface area contributed by atoms with Crippen molar-refractivity contribution in [1.29, 1.82) is 0 Å². The third kappa shape index (κ3) is 1.67. The fraction of sp³-hybridized carbons (Fsp3) is 0.833. The molecule has 1 saturated heterocycles. The number of aliphatic hydroxyl groups excluding tert-OH is 1. The summed E-state index contributed by atoms with van der Waals surface area (Å²) < 4.78 is 24.5. The molecule has 76 valence electrons. The topological polar surface area (TPSA) is 77.9 Å². The molecule has 1 aliphatic heterocycles. The molecule has 0 aliphatic carbocycles. The predicted octanol–water partition coefficient (Wildman–Crippen LogP) is -1.61. The number of hydrogen-bond donors (Lipinski definition) is 1. The molecule has 1 unspecified atom stereocenters. The van der Waals surface area contributed by atoms with Crippen LogP contribution in [0.5, 0.6) is 0 Å². The summed E-state index contributed by atoms with van der Waals surface area (Å²) in [6, 6.07) is 0. The van der Waals surface area contributed by atoms with E-state index in [0.717, 1.165) is 4.31 Å². The molecule has 1 N–H and O–H groups in total. The molecule has 6 nitrogen and oxygen atoms in total. The van der Waals surface area contributed by atoms with E-state index in [-0.39, 0.29) is 13.1 Å². The summed E-state index contributed by atoms with van der Waals surface area (Å²) >= 11 is 0. The van der Waals surface area contributed by atoms with Gasteiger partial charge in [0.25, 0.3) is 5.91 Å². The first-order valence-corrected chi connectivity index (χ1v) is 5.23. The minimum atomic E-state index is -3.65. The van der Waals surface area contributed by atoms with Crippen molar-refractivity contribution in [1.82, 2.24) is 8.61 Å². The lowest BCUT2D eigenvalue weighted by atomic mass is 10.4. The fourth-order valence-corrected chi connectivity index (χ4v) is 2.40. The molecule has 0 aromatic heterocycles. The number of amides is 1. The Morgan fingerprint density at radius 1 is 1.46 bits per heavy atom. The number of likely N-dealkylation sites (N-methyl/N-ethyl adjacent to an activating group) is 1. The molecule has 0 spiro atoms. The lowest BCUT2D eigenvalue weighted by Gasteiger charge is -2.17. The zero-order valence-electron chi connectivity index (χ0n) is 7.47. The Morgan fingerprint density at radius 2 is 2.00 bits per heavy atom. The van der Waals surface area contributed by atoms with Crippen molar-refractivity contribution in [2.24, 2.45) is 0 Å². The van der Waals surface area contributed by atoms with Gasteiger partial charge in [-0.15, -0.1) is 0 Å². The fourth-order valence-electron chi connectivity index (χ4n) is 1.06. The van der Waals surface area contributed by atoms with Crippen LogP contribution >= 0.6 is 0 Å². The van der Waals surface area contributed by atoms with Crippen molar-refractivity contribution in [3.63, 3.8) is 0 Å². The molecule has 0 aromatic carbocycles. The van der Waals surface area contributed by atoms with Gasteiger partial charge in [0, 0.05) is 13.6 Å². The second-order valence-electron chi connectivity index (χ2n) is 2.92. The number of aliphatic hydroxyl groups is 1. The van der Waals surface area contributed by atoms with Gasteiger partial charge < -0.3 is 5.11 Å². The first kappa shape index (κ1) is 10.4. The highest BCUT2D eigenvalue weighted by molar-refractivity contribution is 7.87. The summed E-state index contributed by atoms with van der Waals surface area (Å²) in [6.45, 7) is 1.64. The SMILES string of the molecule is CC(O)C(=O)N1CCN(C)S1(=O)=O. The van der Waals surface area contributed by atoms with Crippen molar-refractivity contribution in [2.45, 2.75) is 13.0 Å². The Hall–Kier alpha value is -0.660. The smallest absolute Gasteiger partial charge is 0.306 e. The van der Waals surface area contributed by atoms with E-state index in [2.05, 4.69) is 0 Å². The highest BCUT2D eigenvalue weighted by atomic mass is 32.2. The zero-order valence-corrected chi connectivity index (χ0v) is 8.28. The van der Waals surface area contributed by atoms with Gasteiger partial charge in [0.05, 0.1) is 6.54 Å². The van der Waals surface area contributed by atoms with E-state index < -0.39 is 22.2 Å². The maximum Gasteiger partial charge on any atom is 0.306 e. The van der Waals surface area contributed by atoms with Crippen molar-refractivity contribution in [3.05, 3.63) is 0 Å². The molecule has 7 heteroatoms. The van der Waals surface area contributed by atoms with Gasteiger partial charge in [-0.3, -0.25) is 4.79 Å². The summed E-state index contributed by atoms with van der Waals surface area (Å²) in [4.78, 5) is 11.2. The van der Waals surface area contributed by atoms with Gasteiger partial charge >= 0.3 is 10.2 Å². The minimum Gasteiger partial charge on any atom is -0.384 e. The summed E-state index contributed by atoms with van der Waals surface area (Å²) in [5.41, 5.74) is 0. The number of carbonyl (C=O) groups excluding carboxylic acids is 1. The molecule has 0 radical (unpaired) electrons. The average molecular weight is 208 g/mol. The van der Waals surface area contributed by atoms with E-state index in [1.807, 2.05) is 0 Å². The second kappa shape index (κ2) is 3.24. The minimum absolute atomic E-state index is 0.114. The maximum atomic E-state index is 11.4. The van der Waals surface area contributed by atoms with Crippen LogP contribution in [0.3, 0.4) is 0 Å². The molecule has 1 fully saturated rings. The Kier molecular flexibility index (Phi) is 2.60. The van der Waals surface area contributed by atoms with E-state index in [0.29, 0.717) is 4.31 Å². The number of nitrogens with zero attached hydrogens (tertiary/aromatic N) is 2. The van der Waals surface area contributed by atoms with Crippen LogP contribution in [0.25, 0.3) is 0 Å². The van der Waals surface area contributed by atoms with Crippen molar-refractivity contribution in [3.8, 4) is 0 Å². The summed E-state index contributed by atoms with van der Waals surface area (Å²) in [5.74, 6) is -0.774. The third-order valence-corrected chi connectivity index (χ3v) is 3.78. The van der Waals surface area contributed by atoms with Gasteiger partial charge in [-0.25, -0.2) is 4.31 Å². The third-order valence-electron chi connectivity index (χ3n) is 1.89. The van der Waals surface area contributed by atoms with Crippen LogP contribution in [-0.2, 0) is 15.0 Å². The van der Waals surface area contributed by atoms with Crippen LogP contribution in [0.1, 0.15) is 6.92 Å². The summed E-state index contributed by atoms with van der Waals surface area (Å²) in [5, 5.41) is 8.93. The van der Waals surface area contributed by atoms with Crippen LogP contribution in [0.15, 0.2) is 0 Å². The van der Waals surface area contributed by atoms with Gasteiger partial charge in [-0.1, -0.05) is 0 Å². The predicted molar refractivity (Wildman–Crippen MR) is 44.9 cm³/mol.